The van der Waals surface area contributed by atoms with Crippen molar-refractivity contribution in [2.24, 2.45) is 0 Å². The maximum atomic E-state index is 11.0. The minimum Gasteiger partial charge on any atom is -0.491 e. The molecule has 0 aromatic heterocycles. The fraction of sp³-hybridized carbons (Fsp3) is 0.316. The Morgan fingerprint density at radius 2 is 2.00 bits per heavy atom. The molecule has 2 N–H and O–H groups in total. The third-order valence-electron chi connectivity index (χ3n) is 4.03. The van der Waals surface area contributed by atoms with E-state index >= 15 is 0 Å². The first kappa shape index (κ1) is 16.3. The summed E-state index contributed by atoms with van der Waals surface area (Å²) < 4.78 is 5.64. The van der Waals surface area contributed by atoms with Gasteiger partial charge in [0.1, 0.15) is 18.5 Å². The van der Waals surface area contributed by atoms with Gasteiger partial charge in [0.25, 0.3) is 0 Å². The molecule has 1 amide bonds. The van der Waals surface area contributed by atoms with E-state index in [1.165, 1.54) is 18.2 Å². The molecule has 1 unspecified atom stereocenters. The molecule has 1 heterocycles. The van der Waals surface area contributed by atoms with Gasteiger partial charge < -0.3 is 20.1 Å². The lowest BCUT2D eigenvalue weighted by Crippen LogP contribution is -2.34. The quantitative estimate of drug-likeness (QED) is 0.856. The number of β-amino-alcohol motifs (C(OH)–C–C–N with tert-alkyl or cyclic N) is 1. The van der Waals surface area contributed by atoms with Crippen LogP contribution in [-0.4, -0.2) is 36.8 Å². The standard InChI is InChI=1S/C19H22N2O3/c1-14(22)20-16-6-8-18(9-7-16)24-13-17(23)12-21-11-10-15-4-2-3-5-19(15)21/h2-9,17,23H,10-13H2,1H3,(H,20,22). The maximum Gasteiger partial charge on any atom is 0.221 e. The van der Waals surface area contributed by atoms with Crippen molar-refractivity contribution in [3.05, 3.63) is 54.1 Å². The summed E-state index contributed by atoms with van der Waals surface area (Å²) in [6.07, 6.45) is 0.458. The fourth-order valence-corrected chi connectivity index (χ4v) is 2.93. The first-order valence-electron chi connectivity index (χ1n) is 8.13. The highest BCUT2D eigenvalue weighted by Crippen LogP contribution is 2.27. The number of aliphatic hydroxyl groups excluding tert-OH is 1. The van der Waals surface area contributed by atoms with E-state index in [0.717, 1.165) is 18.7 Å². The molecule has 0 saturated heterocycles. The molecule has 1 aliphatic rings. The lowest BCUT2D eigenvalue weighted by molar-refractivity contribution is -0.114. The molecule has 24 heavy (non-hydrogen) atoms. The highest BCUT2D eigenvalue weighted by Gasteiger charge is 2.20. The highest BCUT2D eigenvalue weighted by atomic mass is 16.5. The van der Waals surface area contributed by atoms with Crippen molar-refractivity contribution in [1.29, 1.82) is 0 Å². The SMILES string of the molecule is CC(=O)Nc1ccc(OCC(O)CN2CCc3ccccc32)cc1. The topological polar surface area (TPSA) is 61.8 Å². The fourth-order valence-electron chi connectivity index (χ4n) is 2.93. The summed E-state index contributed by atoms with van der Waals surface area (Å²) in [5.41, 5.74) is 3.26. The molecule has 1 atom stereocenters. The van der Waals surface area contributed by atoms with Crippen LogP contribution in [0.2, 0.25) is 0 Å². The van der Waals surface area contributed by atoms with Gasteiger partial charge in [-0.15, -0.1) is 0 Å². The monoisotopic (exact) mass is 326 g/mol. The van der Waals surface area contributed by atoms with Gasteiger partial charge in [-0.2, -0.15) is 0 Å². The minimum atomic E-state index is -0.564. The minimum absolute atomic E-state index is 0.106. The molecule has 2 aromatic carbocycles. The Morgan fingerprint density at radius 3 is 2.75 bits per heavy atom. The number of nitrogens with one attached hydrogen (secondary N) is 1. The molecule has 0 aliphatic carbocycles. The first-order valence-corrected chi connectivity index (χ1v) is 8.13. The Bertz CT molecular complexity index is 700. The van der Waals surface area contributed by atoms with Gasteiger partial charge >= 0.3 is 0 Å². The molecule has 0 radical (unpaired) electrons. The molecule has 126 valence electrons. The van der Waals surface area contributed by atoms with Crippen LogP contribution in [0.25, 0.3) is 0 Å². The van der Waals surface area contributed by atoms with Crippen LogP contribution in [0.3, 0.4) is 0 Å². The number of fused-ring (bicyclic) bond motifs is 1. The Kier molecular flexibility index (Phi) is 5.01. The molecule has 5 heteroatoms. The van der Waals surface area contributed by atoms with Crippen LogP contribution in [0, 0.1) is 0 Å². The largest absolute Gasteiger partial charge is 0.491 e. The van der Waals surface area contributed by atoms with E-state index in [0.29, 0.717) is 12.3 Å². The van der Waals surface area contributed by atoms with Crippen LogP contribution in [0.1, 0.15) is 12.5 Å². The molecule has 0 bridgehead atoms. The number of nitrogens with zero attached hydrogens (tertiary/aromatic N) is 1. The molecule has 0 spiro atoms. The normalized spacial score (nSPS) is 14.2. The zero-order valence-electron chi connectivity index (χ0n) is 13.7. The molecule has 2 aromatic rings. The first-order chi connectivity index (χ1) is 11.6. The van der Waals surface area contributed by atoms with Crippen molar-refractivity contribution in [3.63, 3.8) is 0 Å². The van der Waals surface area contributed by atoms with Gasteiger partial charge in [0.2, 0.25) is 5.91 Å². The van der Waals surface area contributed by atoms with Gasteiger partial charge in [0.15, 0.2) is 0 Å². The zero-order chi connectivity index (χ0) is 16.9. The van der Waals surface area contributed by atoms with Gasteiger partial charge in [-0.3, -0.25) is 4.79 Å². The number of amides is 1. The summed E-state index contributed by atoms with van der Waals surface area (Å²) >= 11 is 0. The van der Waals surface area contributed by atoms with Gasteiger partial charge in [0.05, 0.1) is 0 Å². The van der Waals surface area contributed by atoms with Crippen LogP contribution < -0.4 is 15.0 Å². The van der Waals surface area contributed by atoms with Gasteiger partial charge in [0, 0.05) is 31.4 Å². The summed E-state index contributed by atoms with van der Waals surface area (Å²) in [7, 11) is 0. The third kappa shape index (κ3) is 4.06. The molecular weight excluding hydrogens is 304 g/mol. The van der Waals surface area contributed by atoms with Gasteiger partial charge in [-0.05, 0) is 42.3 Å². The summed E-state index contributed by atoms with van der Waals surface area (Å²) in [5, 5.41) is 13.0. The van der Waals surface area contributed by atoms with Crippen LogP contribution in [0.15, 0.2) is 48.5 Å². The van der Waals surface area contributed by atoms with E-state index in [-0.39, 0.29) is 12.5 Å². The molecule has 5 nitrogen and oxygen atoms in total. The number of para-hydroxylation sites is 1. The number of aliphatic hydroxyl groups is 1. The zero-order valence-corrected chi connectivity index (χ0v) is 13.7. The molecule has 0 fully saturated rings. The molecular formula is C19H22N2O3. The van der Waals surface area contributed by atoms with Crippen molar-refractivity contribution in [2.45, 2.75) is 19.4 Å². The Labute approximate surface area is 141 Å². The number of carbonyl (C=O) groups excluding carboxylic acids is 1. The predicted molar refractivity (Wildman–Crippen MR) is 94.6 cm³/mol. The van der Waals surface area contributed by atoms with Crippen molar-refractivity contribution >= 4 is 17.3 Å². The van der Waals surface area contributed by atoms with Crippen LogP contribution >= 0.6 is 0 Å². The molecule has 1 aliphatic heterocycles. The second-order valence-corrected chi connectivity index (χ2v) is 6.00. The summed E-state index contributed by atoms with van der Waals surface area (Å²) in [6, 6.07) is 15.4. The van der Waals surface area contributed by atoms with E-state index in [1.54, 1.807) is 24.3 Å². The van der Waals surface area contributed by atoms with Gasteiger partial charge in [-0.25, -0.2) is 0 Å². The average molecular weight is 326 g/mol. The summed E-state index contributed by atoms with van der Waals surface area (Å²) in [5.74, 6) is 0.565. The van der Waals surface area contributed by atoms with E-state index < -0.39 is 6.10 Å². The van der Waals surface area contributed by atoms with Crippen LogP contribution in [-0.2, 0) is 11.2 Å². The number of benzene rings is 2. The second kappa shape index (κ2) is 7.36. The van der Waals surface area contributed by atoms with Crippen LogP contribution in [0.5, 0.6) is 5.75 Å². The van der Waals surface area contributed by atoms with E-state index in [4.69, 9.17) is 4.74 Å². The number of ether oxygens (including phenoxy) is 1. The lowest BCUT2D eigenvalue weighted by atomic mass is 10.2. The maximum absolute atomic E-state index is 11.0. The third-order valence-corrected chi connectivity index (χ3v) is 4.03. The van der Waals surface area contributed by atoms with E-state index in [1.807, 2.05) is 12.1 Å². The van der Waals surface area contributed by atoms with E-state index in [2.05, 4.69) is 22.3 Å². The van der Waals surface area contributed by atoms with Gasteiger partial charge in [-0.1, -0.05) is 18.2 Å². The second-order valence-electron chi connectivity index (χ2n) is 6.00. The smallest absolute Gasteiger partial charge is 0.221 e. The summed E-state index contributed by atoms with van der Waals surface area (Å²) in [4.78, 5) is 13.2. The predicted octanol–water partition coefficient (Wildman–Crippen LogP) is 2.45. The molecule has 3 rings (SSSR count). The number of anilines is 2. The Morgan fingerprint density at radius 1 is 1.25 bits per heavy atom. The number of hydrogen-bond acceptors (Lipinski definition) is 4. The number of carbonyl (C=O) groups is 1. The van der Waals surface area contributed by atoms with Crippen molar-refractivity contribution in [3.8, 4) is 5.75 Å². The Balaban J connectivity index is 1.49. The molecule has 0 saturated carbocycles. The Hall–Kier alpha value is -2.53. The van der Waals surface area contributed by atoms with Crippen molar-refractivity contribution in [2.75, 3.05) is 29.9 Å². The van der Waals surface area contributed by atoms with Crippen molar-refractivity contribution in [1.82, 2.24) is 0 Å². The van der Waals surface area contributed by atoms with Crippen LogP contribution in [0.4, 0.5) is 11.4 Å². The summed E-state index contributed by atoms with van der Waals surface area (Å²) in [6.45, 7) is 3.19. The van der Waals surface area contributed by atoms with E-state index in [9.17, 15) is 9.90 Å². The average Bonchev–Trinajstić information content (AvgIpc) is 2.97. The number of hydrogen-bond donors (Lipinski definition) is 2. The van der Waals surface area contributed by atoms with Crippen molar-refractivity contribution < 1.29 is 14.6 Å². The highest BCUT2D eigenvalue weighted by molar-refractivity contribution is 5.88. The number of rotatable bonds is 6. The lowest BCUT2D eigenvalue weighted by Gasteiger charge is -2.23.